The molecular formula is C37H54N2. The van der Waals surface area contributed by atoms with Crippen molar-refractivity contribution in [2.75, 3.05) is 18.0 Å². The van der Waals surface area contributed by atoms with E-state index in [2.05, 4.69) is 90.5 Å². The third-order valence-electron chi connectivity index (χ3n) is 7.96. The average Bonchev–Trinajstić information content (AvgIpc) is 2.98. The van der Waals surface area contributed by atoms with E-state index in [-0.39, 0.29) is 0 Å². The number of para-hydroxylation sites is 1. The number of benzene rings is 2. The Hall–Kier alpha value is -2.61. The zero-order chi connectivity index (χ0) is 27.4. The van der Waals surface area contributed by atoms with Crippen molar-refractivity contribution >= 4 is 28.7 Å². The first-order valence-corrected chi connectivity index (χ1v) is 16.2. The normalized spacial score (nSPS) is 11.5. The molecule has 0 aliphatic heterocycles. The van der Waals surface area contributed by atoms with Gasteiger partial charge in [0.05, 0.1) is 5.52 Å². The topological polar surface area (TPSA) is 16.1 Å². The highest BCUT2D eigenvalue weighted by Gasteiger charge is 2.07. The minimum Gasteiger partial charge on any atom is -0.372 e. The lowest BCUT2D eigenvalue weighted by Gasteiger charge is -2.25. The molecule has 0 aliphatic rings. The van der Waals surface area contributed by atoms with Crippen molar-refractivity contribution < 1.29 is 0 Å². The van der Waals surface area contributed by atoms with Crippen LogP contribution in [0.2, 0.25) is 0 Å². The highest BCUT2D eigenvalue weighted by atomic mass is 15.1. The number of nitrogens with zero attached hydrogens (tertiary/aromatic N) is 2. The van der Waals surface area contributed by atoms with Gasteiger partial charge in [-0.3, -0.25) is 4.98 Å². The van der Waals surface area contributed by atoms with Crippen LogP contribution in [-0.4, -0.2) is 18.1 Å². The maximum absolute atomic E-state index is 4.49. The smallest absolute Gasteiger partial charge is 0.0707 e. The Labute approximate surface area is 239 Å². The maximum atomic E-state index is 4.49. The highest BCUT2D eigenvalue weighted by Crippen LogP contribution is 2.22. The Morgan fingerprint density at radius 3 is 1.69 bits per heavy atom. The fourth-order valence-corrected chi connectivity index (χ4v) is 5.49. The molecular weight excluding hydrogens is 472 g/mol. The molecule has 0 atom stereocenters. The van der Waals surface area contributed by atoms with Gasteiger partial charge in [0.25, 0.3) is 0 Å². The number of anilines is 1. The van der Waals surface area contributed by atoms with Crippen molar-refractivity contribution in [3.05, 3.63) is 71.9 Å². The summed E-state index contributed by atoms with van der Waals surface area (Å²) in [6.07, 6.45) is 28.4. The number of pyridine rings is 1. The molecule has 0 radical (unpaired) electrons. The molecule has 2 heteroatoms. The summed E-state index contributed by atoms with van der Waals surface area (Å²) >= 11 is 0. The van der Waals surface area contributed by atoms with Crippen LogP contribution >= 0.6 is 0 Å². The largest absolute Gasteiger partial charge is 0.372 e. The van der Waals surface area contributed by atoms with Gasteiger partial charge >= 0.3 is 0 Å². The molecule has 2 aromatic carbocycles. The summed E-state index contributed by atoms with van der Waals surface area (Å²) in [4.78, 5) is 7.14. The summed E-state index contributed by atoms with van der Waals surface area (Å²) in [6.45, 7) is 6.96. The van der Waals surface area contributed by atoms with Gasteiger partial charge in [-0.05, 0) is 48.2 Å². The second kappa shape index (κ2) is 19.4. The van der Waals surface area contributed by atoms with E-state index in [1.165, 1.54) is 138 Å². The van der Waals surface area contributed by atoms with Crippen LogP contribution in [0.3, 0.4) is 0 Å². The second-order valence-electron chi connectivity index (χ2n) is 11.3. The van der Waals surface area contributed by atoms with Gasteiger partial charge in [-0.2, -0.15) is 0 Å². The second-order valence-corrected chi connectivity index (χ2v) is 11.3. The van der Waals surface area contributed by atoms with E-state index in [1.54, 1.807) is 0 Å². The molecule has 3 aromatic rings. The van der Waals surface area contributed by atoms with Crippen molar-refractivity contribution in [1.29, 1.82) is 0 Å². The molecule has 1 aromatic heterocycles. The summed E-state index contributed by atoms with van der Waals surface area (Å²) in [7, 11) is 0. The fourth-order valence-electron chi connectivity index (χ4n) is 5.49. The van der Waals surface area contributed by atoms with Crippen molar-refractivity contribution in [1.82, 2.24) is 4.98 Å². The predicted molar refractivity (Wildman–Crippen MR) is 175 cm³/mol. The minimum atomic E-state index is 1.05. The zero-order valence-electron chi connectivity index (χ0n) is 25.1. The van der Waals surface area contributed by atoms with Crippen LogP contribution in [-0.2, 0) is 0 Å². The molecule has 3 rings (SSSR count). The van der Waals surface area contributed by atoms with Crippen molar-refractivity contribution in [3.63, 3.8) is 0 Å². The number of unbranched alkanes of at least 4 members (excludes halogenated alkanes) is 14. The van der Waals surface area contributed by atoms with Gasteiger partial charge in [0.2, 0.25) is 0 Å². The number of fused-ring (bicyclic) bond motifs is 1. The molecule has 0 saturated carbocycles. The van der Waals surface area contributed by atoms with Gasteiger partial charge in [0, 0.05) is 30.4 Å². The minimum absolute atomic E-state index is 1.05. The van der Waals surface area contributed by atoms with E-state index in [0.29, 0.717) is 0 Å². The monoisotopic (exact) mass is 526 g/mol. The fraction of sp³-hybridized carbons (Fsp3) is 0.541. The van der Waals surface area contributed by atoms with Crippen LogP contribution in [0.25, 0.3) is 23.1 Å². The molecule has 0 N–H and O–H groups in total. The molecule has 2 nitrogen and oxygen atoms in total. The molecule has 39 heavy (non-hydrogen) atoms. The Morgan fingerprint density at radius 1 is 0.564 bits per heavy atom. The first-order valence-electron chi connectivity index (χ1n) is 16.2. The highest BCUT2D eigenvalue weighted by molar-refractivity contribution is 5.90. The first-order chi connectivity index (χ1) is 19.3. The lowest BCUT2D eigenvalue weighted by atomic mass is 10.1. The standard InChI is InChI=1S/C37H54N2/c1-3-5-7-9-11-13-15-19-31-39(32-20-16-14-12-10-8-6-4-2)35-27-24-33(25-28-35)23-26-34-29-30-38-37-22-18-17-21-36(34)37/h17-18,21-30H,3-16,19-20,31-32H2,1-2H3. The van der Waals surface area contributed by atoms with E-state index < -0.39 is 0 Å². The van der Waals surface area contributed by atoms with E-state index in [4.69, 9.17) is 0 Å². The summed E-state index contributed by atoms with van der Waals surface area (Å²) in [5, 5.41) is 1.20. The molecule has 0 unspecified atom stereocenters. The van der Waals surface area contributed by atoms with Crippen molar-refractivity contribution in [2.45, 2.75) is 117 Å². The van der Waals surface area contributed by atoms with Gasteiger partial charge in [0.1, 0.15) is 0 Å². The summed E-state index contributed by atoms with van der Waals surface area (Å²) < 4.78 is 0. The van der Waals surface area contributed by atoms with Crippen LogP contribution in [0.15, 0.2) is 60.8 Å². The molecule has 0 fully saturated rings. The molecule has 0 bridgehead atoms. The van der Waals surface area contributed by atoms with Crippen molar-refractivity contribution in [3.8, 4) is 0 Å². The maximum Gasteiger partial charge on any atom is 0.0707 e. The third-order valence-corrected chi connectivity index (χ3v) is 7.96. The number of rotatable bonds is 21. The molecule has 0 saturated heterocycles. The number of hydrogen-bond acceptors (Lipinski definition) is 2. The Balaban J connectivity index is 1.52. The van der Waals surface area contributed by atoms with Crippen LogP contribution in [0.5, 0.6) is 0 Å². The van der Waals surface area contributed by atoms with E-state index >= 15 is 0 Å². The van der Waals surface area contributed by atoms with E-state index in [0.717, 1.165) is 5.52 Å². The van der Waals surface area contributed by atoms with E-state index in [9.17, 15) is 0 Å². The Morgan fingerprint density at radius 2 is 1.10 bits per heavy atom. The lowest BCUT2D eigenvalue weighted by molar-refractivity contribution is 0.555. The Bertz CT molecular complexity index is 1030. The molecule has 0 spiro atoms. The molecule has 212 valence electrons. The van der Waals surface area contributed by atoms with Crippen molar-refractivity contribution in [2.24, 2.45) is 0 Å². The third kappa shape index (κ3) is 12.0. The summed E-state index contributed by atoms with van der Waals surface area (Å²) in [5.74, 6) is 0. The first kappa shape index (κ1) is 30.9. The Kier molecular flexibility index (Phi) is 15.4. The van der Waals surface area contributed by atoms with Gasteiger partial charge in [-0.1, -0.05) is 146 Å². The quantitative estimate of drug-likeness (QED) is 0.128. The van der Waals surface area contributed by atoms with Gasteiger partial charge in [-0.25, -0.2) is 0 Å². The zero-order valence-corrected chi connectivity index (χ0v) is 25.1. The van der Waals surface area contributed by atoms with E-state index in [1.807, 2.05) is 6.20 Å². The molecule has 1 heterocycles. The summed E-state index contributed by atoms with van der Waals surface area (Å²) in [5.41, 5.74) is 4.90. The molecule has 0 amide bonds. The summed E-state index contributed by atoms with van der Waals surface area (Å²) in [6, 6.07) is 19.7. The van der Waals surface area contributed by atoms with Gasteiger partial charge in [-0.15, -0.1) is 0 Å². The van der Waals surface area contributed by atoms with Crippen LogP contribution in [0.1, 0.15) is 128 Å². The lowest BCUT2D eigenvalue weighted by Crippen LogP contribution is -2.25. The van der Waals surface area contributed by atoms with Crippen LogP contribution in [0, 0.1) is 0 Å². The van der Waals surface area contributed by atoms with Gasteiger partial charge < -0.3 is 4.90 Å². The average molecular weight is 527 g/mol. The van der Waals surface area contributed by atoms with Crippen LogP contribution < -0.4 is 4.90 Å². The van der Waals surface area contributed by atoms with Gasteiger partial charge in [0.15, 0.2) is 0 Å². The SMILES string of the molecule is CCCCCCCCCCN(CCCCCCCCCC)c1ccc(C=Cc2ccnc3ccccc23)cc1. The number of aromatic nitrogens is 1. The molecule has 0 aliphatic carbocycles. The predicted octanol–water partition coefficient (Wildman–Crippen LogP) is 11.5. The van der Waals surface area contributed by atoms with Crippen LogP contribution in [0.4, 0.5) is 5.69 Å². The number of hydrogen-bond donors (Lipinski definition) is 0.